The van der Waals surface area contributed by atoms with Crippen molar-refractivity contribution in [1.29, 1.82) is 0 Å². The zero-order chi connectivity index (χ0) is 14.4. The van der Waals surface area contributed by atoms with E-state index in [2.05, 4.69) is 47.3 Å². The van der Waals surface area contributed by atoms with E-state index in [1.165, 1.54) is 0 Å². The van der Waals surface area contributed by atoms with Gasteiger partial charge in [-0.15, -0.1) is 0 Å². The third kappa shape index (κ3) is 4.14. The van der Waals surface area contributed by atoms with Gasteiger partial charge in [-0.3, -0.25) is 9.97 Å². The van der Waals surface area contributed by atoms with Crippen LogP contribution < -0.4 is 5.32 Å². The van der Waals surface area contributed by atoms with Crippen LogP contribution >= 0.6 is 0 Å². The number of aromatic nitrogens is 2. The van der Waals surface area contributed by atoms with Crippen LogP contribution in [0.25, 0.3) is 0 Å². The minimum absolute atomic E-state index is 0.0414. The summed E-state index contributed by atoms with van der Waals surface area (Å²) in [5, 5.41) is 3.64. The molecule has 3 heteroatoms. The maximum atomic E-state index is 4.54. The highest BCUT2D eigenvalue weighted by atomic mass is 15.0. The number of hydrogen-bond donors (Lipinski definition) is 1. The highest BCUT2D eigenvalue weighted by Crippen LogP contribution is 2.16. The summed E-state index contributed by atoms with van der Waals surface area (Å²) in [7, 11) is 0. The standard InChI is InChI=1S/C17H23N3/c1-4-17(3,12-15-9-5-6-11-18-15)19-13-16-10-7-8-14(2)20-16/h5-11,19H,4,12-13H2,1-3H3. The van der Waals surface area contributed by atoms with Gasteiger partial charge in [-0.1, -0.05) is 19.1 Å². The predicted octanol–water partition coefficient (Wildman–Crippen LogP) is 3.29. The molecule has 0 aliphatic carbocycles. The van der Waals surface area contributed by atoms with E-state index in [1.807, 2.05) is 31.3 Å². The summed E-state index contributed by atoms with van der Waals surface area (Å²) in [6.45, 7) is 7.27. The third-order valence-electron chi connectivity index (χ3n) is 3.72. The van der Waals surface area contributed by atoms with Crippen molar-refractivity contribution in [3.63, 3.8) is 0 Å². The van der Waals surface area contributed by atoms with Gasteiger partial charge in [0, 0.05) is 36.1 Å². The van der Waals surface area contributed by atoms with Gasteiger partial charge in [0.2, 0.25) is 0 Å². The Kier molecular flexibility index (Phi) is 4.85. The van der Waals surface area contributed by atoms with Crippen LogP contribution in [0.5, 0.6) is 0 Å². The van der Waals surface area contributed by atoms with Crippen molar-refractivity contribution in [2.75, 3.05) is 0 Å². The van der Waals surface area contributed by atoms with Gasteiger partial charge in [0.05, 0.1) is 5.69 Å². The fraction of sp³-hybridized carbons (Fsp3) is 0.412. The molecule has 0 spiro atoms. The van der Waals surface area contributed by atoms with Crippen molar-refractivity contribution in [3.05, 3.63) is 59.7 Å². The normalized spacial score (nSPS) is 13.9. The Morgan fingerprint density at radius 2 is 1.90 bits per heavy atom. The van der Waals surface area contributed by atoms with E-state index in [4.69, 9.17) is 0 Å². The number of hydrogen-bond acceptors (Lipinski definition) is 3. The molecule has 0 aliphatic rings. The second kappa shape index (κ2) is 6.62. The second-order valence-electron chi connectivity index (χ2n) is 5.54. The smallest absolute Gasteiger partial charge is 0.0545 e. The fourth-order valence-corrected chi connectivity index (χ4v) is 2.22. The lowest BCUT2D eigenvalue weighted by molar-refractivity contribution is 0.333. The molecular weight excluding hydrogens is 246 g/mol. The Balaban J connectivity index is 2.00. The first kappa shape index (κ1) is 14.7. The van der Waals surface area contributed by atoms with Gasteiger partial charge >= 0.3 is 0 Å². The Bertz CT molecular complexity index is 539. The fourth-order valence-electron chi connectivity index (χ4n) is 2.22. The second-order valence-corrected chi connectivity index (χ2v) is 5.54. The van der Waals surface area contributed by atoms with E-state index in [0.717, 1.165) is 36.5 Å². The van der Waals surface area contributed by atoms with E-state index in [9.17, 15) is 0 Å². The molecule has 0 radical (unpaired) electrons. The molecule has 2 aromatic heterocycles. The van der Waals surface area contributed by atoms with Crippen LogP contribution in [0.1, 0.15) is 37.4 Å². The molecule has 0 aliphatic heterocycles. The van der Waals surface area contributed by atoms with Gasteiger partial charge in [0.25, 0.3) is 0 Å². The zero-order valence-electron chi connectivity index (χ0n) is 12.6. The molecule has 0 fully saturated rings. The molecular formula is C17H23N3. The average Bonchev–Trinajstić information content (AvgIpc) is 2.46. The van der Waals surface area contributed by atoms with Crippen molar-refractivity contribution in [2.24, 2.45) is 0 Å². The molecule has 2 rings (SSSR count). The summed E-state index contributed by atoms with van der Waals surface area (Å²) in [5.41, 5.74) is 3.32. The van der Waals surface area contributed by atoms with Crippen LogP contribution in [0.3, 0.4) is 0 Å². The van der Waals surface area contributed by atoms with E-state index >= 15 is 0 Å². The SMILES string of the molecule is CCC(C)(Cc1ccccn1)NCc1cccc(C)n1. The Hall–Kier alpha value is -1.74. The van der Waals surface area contributed by atoms with E-state index in [1.54, 1.807) is 0 Å². The monoisotopic (exact) mass is 269 g/mol. The maximum absolute atomic E-state index is 4.54. The number of pyridine rings is 2. The van der Waals surface area contributed by atoms with Crippen LogP contribution in [0, 0.1) is 6.92 Å². The van der Waals surface area contributed by atoms with Gasteiger partial charge < -0.3 is 5.32 Å². The van der Waals surface area contributed by atoms with Crippen LogP contribution in [-0.4, -0.2) is 15.5 Å². The quantitative estimate of drug-likeness (QED) is 0.874. The molecule has 0 bridgehead atoms. The van der Waals surface area contributed by atoms with Crippen LogP contribution in [0.4, 0.5) is 0 Å². The molecule has 106 valence electrons. The lowest BCUT2D eigenvalue weighted by Gasteiger charge is -2.29. The third-order valence-corrected chi connectivity index (χ3v) is 3.72. The highest BCUT2D eigenvalue weighted by Gasteiger charge is 2.22. The maximum Gasteiger partial charge on any atom is 0.0545 e. The number of rotatable bonds is 6. The molecule has 3 nitrogen and oxygen atoms in total. The van der Waals surface area contributed by atoms with E-state index in [0.29, 0.717) is 0 Å². The van der Waals surface area contributed by atoms with Crippen molar-refractivity contribution in [1.82, 2.24) is 15.3 Å². The molecule has 20 heavy (non-hydrogen) atoms. The van der Waals surface area contributed by atoms with Crippen LogP contribution in [0.15, 0.2) is 42.6 Å². The largest absolute Gasteiger partial charge is 0.306 e. The van der Waals surface area contributed by atoms with Crippen LogP contribution in [-0.2, 0) is 13.0 Å². The lowest BCUT2D eigenvalue weighted by atomic mass is 9.92. The van der Waals surface area contributed by atoms with Crippen molar-refractivity contribution >= 4 is 0 Å². The summed E-state index contributed by atoms with van der Waals surface area (Å²) in [6, 6.07) is 12.2. The summed E-state index contributed by atoms with van der Waals surface area (Å²) < 4.78 is 0. The van der Waals surface area contributed by atoms with E-state index in [-0.39, 0.29) is 5.54 Å². The van der Waals surface area contributed by atoms with Crippen molar-refractivity contribution in [3.8, 4) is 0 Å². The van der Waals surface area contributed by atoms with Gasteiger partial charge in [-0.05, 0) is 44.5 Å². The number of aryl methyl sites for hydroxylation is 1. The minimum atomic E-state index is 0.0414. The average molecular weight is 269 g/mol. The molecule has 0 amide bonds. The zero-order valence-corrected chi connectivity index (χ0v) is 12.6. The van der Waals surface area contributed by atoms with Gasteiger partial charge in [-0.2, -0.15) is 0 Å². The Morgan fingerprint density at radius 3 is 2.55 bits per heavy atom. The summed E-state index contributed by atoms with van der Waals surface area (Å²) >= 11 is 0. The first-order valence-electron chi connectivity index (χ1n) is 7.19. The molecule has 0 saturated heterocycles. The summed E-state index contributed by atoms with van der Waals surface area (Å²) in [4.78, 5) is 8.96. The molecule has 1 unspecified atom stereocenters. The first-order valence-corrected chi connectivity index (χ1v) is 7.19. The highest BCUT2D eigenvalue weighted by molar-refractivity contribution is 5.11. The summed E-state index contributed by atoms with van der Waals surface area (Å²) in [5.74, 6) is 0. The van der Waals surface area contributed by atoms with Gasteiger partial charge in [0.15, 0.2) is 0 Å². The van der Waals surface area contributed by atoms with Crippen LogP contribution in [0.2, 0.25) is 0 Å². The number of nitrogens with zero attached hydrogens (tertiary/aromatic N) is 2. The van der Waals surface area contributed by atoms with E-state index < -0.39 is 0 Å². The molecule has 2 aromatic rings. The summed E-state index contributed by atoms with van der Waals surface area (Å²) in [6.07, 6.45) is 3.83. The molecule has 1 N–H and O–H groups in total. The predicted molar refractivity (Wildman–Crippen MR) is 82.5 cm³/mol. The Morgan fingerprint density at radius 1 is 1.10 bits per heavy atom. The lowest BCUT2D eigenvalue weighted by Crippen LogP contribution is -2.43. The number of nitrogens with one attached hydrogen (secondary N) is 1. The molecule has 1 atom stereocenters. The first-order chi connectivity index (χ1) is 9.61. The molecule has 0 aromatic carbocycles. The van der Waals surface area contributed by atoms with Crippen molar-refractivity contribution < 1.29 is 0 Å². The topological polar surface area (TPSA) is 37.8 Å². The van der Waals surface area contributed by atoms with Crippen molar-refractivity contribution in [2.45, 2.75) is 45.7 Å². The minimum Gasteiger partial charge on any atom is -0.306 e. The van der Waals surface area contributed by atoms with Gasteiger partial charge in [-0.25, -0.2) is 0 Å². The Labute approximate surface area is 121 Å². The molecule has 0 saturated carbocycles. The molecule has 2 heterocycles. The van der Waals surface area contributed by atoms with Gasteiger partial charge in [0.1, 0.15) is 0 Å².